The average Bonchev–Trinajstić information content (AvgIpc) is 2.27. The lowest BCUT2D eigenvalue weighted by Crippen LogP contribution is -2.56. The lowest BCUT2D eigenvalue weighted by molar-refractivity contribution is 0.166. The first-order valence-electron chi connectivity index (χ1n) is 6.25. The molecule has 17 heavy (non-hydrogen) atoms. The molecule has 100 valence electrons. The number of nitrogens with zero attached hydrogens (tertiary/aromatic N) is 2. The third-order valence-electron chi connectivity index (χ3n) is 3.50. The van der Waals surface area contributed by atoms with Gasteiger partial charge in [-0.25, -0.2) is 0 Å². The zero-order valence-corrected chi connectivity index (χ0v) is 10.8. The van der Waals surface area contributed by atoms with Crippen molar-refractivity contribution in [2.24, 2.45) is 0 Å². The van der Waals surface area contributed by atoms with Crippen molar-refractivity contribution in [3.63, 3.8) is 0 Å². The van der Waals surface area contributed by atoms with Gasteiger partial charge in [-0.05, 0) is 12.8 Å². The number of rotatable bonds is 5. The molecule has 1 aliphatic heterocycles. The maximum Gasteiger partial charge on any atom is 0.282 e. The van der Waals surface area contributed by atoms with Gasteiger partial charge in [0.15, 0.2) is 0 Å². The first-order chi connectivity index (χ1) is 8.16. The molecule has 0 amide bonds. The van der Waals surface area contributed by atoms with Crippen LogP contribution in [0, 0.1) is 0 Å². The number of aliphatic hydroxyl groups excluding tert-OH is 1. The SMILES string of the molecule is O=S(=O)(N1CCNCC1)N(CCO)C1CCC1. The minimum absolute atomic E-state index is 0.0991. The Kier molecular flexibility index (Phi) is 4.37. The number of nitrogens with one attached hydrogen (secondary N) is 1. The van der Waals surface area contributed by atoms with Crippen LogP contribution in [0.5, 0.6) is 0 Å². The monoisotopic (exact) mass is 263 g/mol. The summed E-state index contributed by atoms with van der Waals surface area (Å²) in [6.45, 7) is 2.57. The topological polar surface area (TPSA) is 72.9 Å². The Hall–Kier alpha value is -0.210. The Morgan fingerprint density at radius 2 is 1.94 bits per heavy atom. The van der Waals surface area contributed by atoms with Crippen molar-refractivity contribution in [2.75, 3.05) is 39.3 Å². The molecule has 2 aliphatic rings. The van der Waals surface area contributed by atoms with Gasteiger partial charge in [-0.15, -0.1) is 0 Å². The van der Waals surface area contributed by atoms with Crippen LogP contribution in [0.4, 0.5) is 0 Å². The van der Waals surface area contributed by atoms with Gasteiger partial charge >= 0.3 is 0 Å². The summed E-state index contributed by atoms with van der Waals surface area (Å²) in [5.74, 6) is 0. The standard InChI is InChI=1S/C10H21N3O3S/c14-9-8-13(10-2-1-3-10)17(15,16)12-6-4-11-5-7-12/h10-11,14H,1-9H2. The van der Waals surface area contributed by atoms with Gasteiger partial charge in [0.25, 0.3) is 10.2 Å². The molecule has 6 nitrogen and oxygen atoms in total. The normalized spacial score (nSPS) is 23.9. The highest BCUT2D eigenvalue weighted by atomic mass is 32.2. The summed E-state index contributed by atoms with van der Waals surface area (Å²) < 4.78 is 27.9. The second-order valence-electron chi connectivity index (χ2n) is 4.58. The fourth-order valence-electron chi connectivity index (χ4n) is 2.28. The number of hydrogen-bond donors (Lipinski definition) is 2. The number of aliphatic hydroxyl groups is 1. The van der Waals surface area contributed by atoms with Crippen molar-refractivity contribution in [1.82, 2.24) is 13.9 Å². The number of hydrogen-bond acceptors (Lipinski definition) is 4. The molecule has 0 aromatic heterocycles. The molecular weight excluding hydrogens is 242 g/mol. The van der Waals surface area contributed by atoms with Crippen LogP contribution < -0.4 is 5.32 Å². The van der Waals surface area contributed by atoms with Crippen molar-refractivity contribution in [3.8, 4) is 0 Å². The van der Waals surface area contributed by atoms with Crippen LogP contribution >= 0.6 is 0 Å². The minimum atomic E-state index is -3.38. The quantitative estimate of drug-likeness (QED) is 0.666. The fourth-order valence-corrected chi connectivity index (χ4v) is 4.12. The van der Waals surface area contributed by atoms with Crippen LogP contribution in [0.1, 0.15) is 19.3 Å². The molecule has 0 bridgehead atoms. The van der Waals surface area contributed by atoms with Crippen molar-refractivity contribution in [1.29, 1.82) is 0 Å². The Labute approximate surface area is 103 Å². The summed E-state index contributed by atoms with van der Waals surface area (Å²) in [6, 6.07) is 0.0991. The molecule has 0 atom stereocenters. The molecule has 1 saturated carbocycles. The third-order valence-corrected chi connectivity index (χ3v) is 5.59. The van der Waals surface area contributed by atoms with Crippen molar-refractivity contribution < 1.29 is 13.5 Å². The predicted octanol–water partition coefficient (Wildman–Crippen LogP) is -1.02. The van der Waals surface area contributed by atoms with Crippen molar-refractivity contribution in [2.45, 2.75) is 25.3 Å². The van der Waals surface area contributed by atoms with E-state index in [0.717, 1.165) is 19.3 Å². The van der Waals surface area contributed by atoms with E-state index in [1.54, 1.807) is 0 Å². The molecule has 0 radical (unpaired) electrons. The van der Waals surface area contributed by atoms with Gasteiger partial charge in [-0.3, -0.25) is 0 Å². The van der Waals surface area contributed by atoms with Crippen LogP contribution in [-0.2, 0) is 10.2 Å². The van der Waals surface area contributed by atoms with Crippen LogP contribution in [0.2, 0.25) is 0 Å². The lowest BCUT2D eigenvalue weighted by atomic mass is 9.93. The fraction of sp³-hybridized carbons (Fsp3) is 1.00. The lowest BCUT2D eigenvalue weighted by Gasteiger charge is -2.40. The second kappa shape index (κ2) is 5.62. The molecule has 1 heterocycles. The average molecular weight is 263 g/mol. The van der Waals surface area contributed by atoms with Crippen LogP contribution in [0.25, 0.3) is 0 Å². The third kappa shape index (κ3) is 2.79. The molecule has 1 saturated heterocycles. The predicted molar refractivity (Wildman–Crippen MR) is 64.8 cm³/mol. The summed E-state index contributed by atoms with van der Waals surface area (Å²) in [6.07, 6.45) is 2.93. The van der Waals surface area contributed by atoms with Crippen LogP contribution in [0.3, 0.4) is 0 Å². The van der Waals surface area contributed by atoms with Gasteiger partial charge < -0.3 is 10.4 Å². The van der Waals surface area contributed by atoms with Gasteiger partial charge in [0.05, 0.1) is 6.61 Å². The Bertz CT molecular complexity index is 337. The maximum absolute atomic E-state index is 12.4. The van der Waals surface area contributed by atoms with E-state index in [1.807, 2.05) is 0 Å². The van der Waals surface area contributed by atoms with Crippen LogP contribution in [0.15, 0.2) is 0 Å². The molecular formula is C10H21N3O3S. The zero-order valence-electron chi connectivity index (χ0n) is 10.0. The highest BCUT2D eigenvalue weighted by molar-refractivity contribution is 7.86. The largest absolute Gasteiger partial charge is 0.395 e. The Morgan fingerprint density at radius 1 is 1.29 bits per heavy atom. The van der Waals surface area contributed by atoms with Crippen LogP contribution in [-0.4, -0.2) is 67.5 Å². The van der Waals surface area contributed by atoms with Gasteiger partial charge in [-0.1, -0.05) is 6.42 Å². The van der Waals surface area contributed by atoms with Gasteiger partial charge in [0.1, 0.15) is 0 Å². The number of piperazine rings is 1. The van der Waals surface area contributed by atoms with Gasteiger partial charge in [0.2, 0.25) is 0 Å². The van der Waals surface area contributed by atoms with E-state index < -0.39 is 10.2 Å². The summed E-state index contributed by atoms with van der Waals surface area (Å²) in [4.78, 5) is 0. The molecule has 0 unspecified atom stereocenters. The molecule has 7 heteroatoms. The van der Waals surface area contributed by atoms with E-state index in [0.29, 0.717) is 26.2 Å². The molecule has 0 aromatic carbocycles. The van der Waals surface area contributed by atoms with E-state index in [1.165, 1.54) is 8.61 Å². The second-order valence-corrected chi connectivity index (χ2v) is 6.46. The van der Waals surface area contributed by atoms with Crippen molar-refractivity contribution in [3.05, 3.63) is 0 Å². The summed E-state index contributed by atoms with van der Waals surface area (Å²) >= 11 is 0. The Morgan fingerprint density at radius 3 is 2.41 bits per heavy atom. The molecule has 1 aliphatic carbocycles. The van der Waals surface area contributed by atoms with Gasteiger partial charge in [-0.2, -0.15) is 17.0 Å². The van der Waals surface area contributed by atoms with E-state index in [-0.39, 0.29) is 19.2 Å². The molecule has 2 N–H and O–H groups in total. The summed E-state index contributed by atoms with van der Waals surface area (Å²) in [7, 11) is -3.38. The highest BCUT2D eigenvalue weighted by Crippen LogP contribution is 2.28. The molecule has 2 fully saturated rings. The van der Waals surface area contributed by atoms with E-state index in [9.17, 15) is 8.42 Å². The van der Waals surface area contributed by atoms with Crippen molar-refractivity contribution >= 4 is 10.2 Å². The van der Waals surface area contributed by atoms with E-state index >= 15 is 0 Å². The summed E-state index contributed by atoms with van der Waals surface area (Å²) in [5, 5.41) is 12.2. The van der Waals surface area contributed by atoms with E-state index in [2.05, 4.69) is 5.32 Å². The Balaban J connectivity index is 2.08. The minimum Gasteiger partial charge on any atom is -0.395 e. The first-order valence-corrected chi connectivity index (χ1v) is 7.64. The molecule has 0 spiro atoms. The van der Waals surface area contributed by atoms with Gasteiger partial charge in [0, 0.05) is 38.8 Å². The smallest absolute Gasteiger partial charge is 0.282 e. The zero-order chi connectivity index (χ0) is 12.3. The molecule has 0 aromatic rings. The molecule has 2 rings (SSSR count). The summed E-state index contributed by atoms with van der Waals surface area (Å²) in [5.41, 5.74) is 0. The highest BCUT2D eigenvalue weighted by Gasteiger charge is 2.37. The maximum atomic E-state index is 12.4. The first kappa shape index (κ1) is 13.2. The van der Waals surface area contributed by atoms with E-state index in [4.69, 9.17) is 5.11 Å².